The summed E-state index contributed by atoms with van der Waals surface area (Å²) < 4.78 is 0. The molecule has 0 aliphatic heterocycles. The van der Waals surface area contributed by atoms with Crippen LogP contribution in [-0.2, 0) is 4.79 Å². The van der Waals surface area contributed by atoms with Gasteiger partial charge in [-0.2, -0.15) is 0 Å². The number of allylic oxidation sites excluding steroid dienone is 8. The van der Waals surface area contributed by atoms with Crippen LogP contribution in [0, 0.1) is 0 Å². The van der Waals surface area contributed by atoms with Gasteiger partial charge in [0.05, 0.1) is 0 Å². The Morgan fingerprint density at radius 3 is 2.31 bits per heavy atom. The van der Waals surface area contributed by atoms with Gasteiger partial charge < -0.3 is 0 Å². The lowest BCUT2D eigenvalue weighted by atomic mass is 10.1. The molecule has 0 aromatic rings. The molecule has 16 heavy (non-hydrogen) atoms. The first-order chi connectivity index (χ1) is 7.56. The normalized spacial score (nSPS) is 13.0. The zero-order valence-electron chi connectivity index (χ0n) is 10.8. The summed E-state index contributed by atoms with van der Waals surface area (Å²) >= 11 is 0. The van der Waals surface area contributed by atoms with E-state index in [-0.39, 0.29) is 0 Å². The van der Waals surface area contributed by atoms with Crippen molar-refractivity contribution in [3.8, 4) is 0 Å². The van der Waals surface area contributed by atoms with Crippen LogP contribution in [0.2, 0.25) is 0 Å². The molecular weight excluding hydrogens is 196 g/mol. The second kappa shape index (κ2) is 8.90. The molecule has 0 unspecified atom stereocenters. The summed E-state index contributed by atoms with van der Waals surface area (Å²) in [6.07, 6.45) is 12.8. The third-order valence-corrected chi connectivity index (χ3v) is 2.16. The van der Waals surface area contributed by atoms with Crippen molar-refractivity contribution in [2.75, 3.05) is 0 Å². The number of hydrogen-bond donors (Lipinski definition) is 0. The summed E-state index contributed by atoms with van der Waals surface area (Å²) in [6, 6.07) is 0. The van der Waals surface area contributed by atoms with Crippen molar-refractivity contribution in [3.63, 3.8) is 0 Å². The highest BCUT2D eigenvalue weighted by Gasteiger charge is 1.86. The van der Waals surface area contributed by atoms with Crippen LogP contribution < -0.4 is 0 Å². The smallest absolute Gasteiger partial charge is 0.143 e. The molecule has 0 aromatic heterocycles. The number of rotatable bonds is 6. The van der Waals surface area contributed by atoms with E-state index >= 15 is 0 Å². The highest BCUT2D eigenvalue weighted by atomic mass is 16.1. The number of carbonyl (C=O) groups is 1. The Kier molecular flexibility index (Phi) is 8.14. The predicted molar refractivity (Wildman–Crippen MR) is 71.4 cm³/mol. The van der Waals surface area contributed by atoms with Gasteiger partial charge in [0.15, 0.2) is 0 Å². The molecule has 0 aliphatic carbocycles. The lowest BCUT2D eigenvalue weighted by Crippen LogP contribution is -1.76. The Balaban J connectivity index is 4.09. The molecule has 0 spiro atoms. The van der Waals surface area contributed by atoms with Gasteiger partial charge in [0.2, 0.25) is 0 Å². The van der Waals surface area contributed by atoms with Gasteiger partial charge in [-0.15, -0.1) is 0 Å². The first-order valence-corrected chi connectivity index (χ1v) is 5.65. The molecule has 0 saturated carbocycles. The molecule has 0 aliphatic rings. The van der Waals surface area contributed by atoms with Crippen LogP contribution in [0.3, 0.4) is 0 Å². The van der Waals surface area contributed by atoms with Crippen molar-refractivity contribution < 1.29 is 4.79 Å². The number of aldehydes is 1. The molecule has 0 aromatic carbocycles. The first kappa shape index (κ1) is 14.6. The van der Waals surface area contributed by atoms with Gasteiger partial charge >= 0.3 is 0 Å². The van der Waals surface area contributed by atoms with Crippen LogP contribution >= 0.6 is 0 Å². The second-order valence-corrected chi connectivity index (χ2v) is 4.24. The van der Waals surface area contributed by atoms with Gasteiger partial charge in [-0.25, -0.2) is 0 Å². The van der Waals surface area contributed by atoms with Gasteiger partial charge in [0.25, 0.3) is 0 Å². The van der Waals surface area contributed by atoms with Gasteiger partial charge in [-0.3, -0.25) is 4.79 Å². The van der Waals surface area contributed by atoms with Crippen LogP contribution in [-0.4, -0.2) is 6.29 Å². The molecule has 0 rings (SSSR count). The van der Waals surface area contributed by atoms with Gasteiger partial charge in [-0.1, -0.05) is 35.5 Å². The van der Waals surface area contributed by atoms with Crippen LogP contribution in [0.15, 0.2) is 47.1 Å². The lowest BCUT2D eigenvalue weighted by molar-refractivity contribution is -0.104. The fourth-order valence-electron chi connectivity index (χ4n) is 1.20. The number of hydrogen-bond acceptors (Lipinski definition) is 1. The van der Waals surface area contributed by atoms with Crippen molar-refractivity contribution in [2.24, 2.45) is 0 Å². The maximum Gasteiger partial charge on any atom is 0.143 e. The highest BCUT2D eigenvalue weighted by Crippen LogP contribution is 2.07. The van der Waals surface area contributed by atoms with E-state index in [1.807, 2.05) is 19.1 Å². The number of carbonyl (C=O) groups excluding carboxylic acids is 1. The van der Waals surface area contributed by atoms with E-state index in [1.165, 1.54) is 11.1 Å². The lowest BCUT2D eigenvalue weighted by Gasteiger charge is -1.96. The van der Waals surface area contributed by atoms with Crippen molar-refractivity contribution in [1.29, 1.82) is 0 Å². The molecule has 0 heterocycles. The van der Waals surface area contributed by atoms with E-state index in [9.17, 15) is 4.79 Å². The predicted octanol–water partition coefficient (Wildman–Crippen LogP) is 4.38. The van der Waals surface area contributed by atoms with Gasteiger partial charge in [0.1, 0.15) is 6.29 Å². The minimum absolute atomic E-state index is 0.811. The maximum atomic E-state index is 10.2. The van der Waals surface area contributed by atoms with E-state index in [2.05, 4.69) is 32.9 Å². The average Bonchev–Trinajstić information content (AvgIpc) is 2.17. The molecule has 1 heteroatoms. The summed E-state index contributed by atoms with van der Waals surface area (Å²) in [7, 11) is 0. The van der Waals surface area contributed by atoms with Crippen LogP contribution in [0.1, 0.15) is 40.5 Å². The Labute approximate surface area is 99.3 Å². The molecule has 0 saturated heterocycles. The molecule has 0 radical (unpaired) electrons. The first-order valence-electron chi connectivity index (χ1n) is 5.65. The molecule has 0 N–H and O–H groups in total. The topological polar surface area (TPSA) is 17.1 Å². The Morgan fingerprint density at radius 1 is 1.06 bits per heavy atom. The zero-order chi connectivity index (χ0) is 12.4. The molecule has 0 fully saturated rings. The standard InChI is InChI=1S/C15H22O/c1-13(2)7-5-8-14(3)9-6-10-15(4)11-12-16/h6-7,9-12H,5,8H2,1-4H3/b10-6+,14-9+,15-11-. The largest absolute Gasteiger partial charge is 0.299 e. The average molecular weight is 218 g/mol. The second-order valence-electron chi connectivity index (χ2n) is 4.24. The Bertz CT molecular complexity index is 323. The Hall–Kier alpha value is -1.37. The summed E-state index contributed by atoms with van der Waals surface area (Å²) in [5, 5.41) is 0. The van der Waals surface area contributed by atoms with Gasteiger partial charge in [0, 0.05) is 0 Å². The molecule has 0 bridgehead atoms. The van der Waals surface area contributed by atoms with E-state index in [0.29, 0.717) is 0 Å². The van der Waals surface area contributed by atoms with Crippen LogP contribution in [0.4, 0.5) is 0 Å². The van der Waals surface area contributed by atoms with E-state index < -0.39 is 0 Å². The van der Waals surface area contributed by atoms with Crippen molar-refractivity contribution >= 4 is 6.29 Å². The Morgan fingerprint density at radius 2 is 1.75 bits per heavy atom. The van der Waals surface area contributed by atoms with E-state index in [0.717, 1.165) is 24.7 Å². The zero-order valence-corrected chi connectivity index (χ0v) is 10.8. The van der Waals surface area contributed by atoms with Crippen LogP contribution in [0.5, 0.6) is 0 Å². The molecule has 88 valence electrons. The minimum atomic E-state index is 0.811. The van der Waals surface area contributed by atoms with Crippen molar-refractivity contribution in [2.45, 2.75) is 40.5 Å². The van der Waals surface area contributed by atoms with Crippen molar-refractivity contribution in [3.05, 3.63) is 47.1 Å². The molecule has 0 atom stereocenters. The van der Waals surface area contributed by atoms with Gasteiger partial charge in [-0.05, 0) is 52.2 Å². The minimum Gasteiger partial charge on any atom is -0.299 e. The fourth-order valence-corrected chi connectivity index (χ4v) is 1.20. The summed E-state index contributed by atoms with van der Waals surface area (Å²) in [4.78, 5) is 10.2. The molecule has 1 nitrogen and oxygen atoms in total. The highest BCUT2D eigenvalue weighted by molar-refractivity contribution is 5.66. The molecular formula is C15H22O. The quantitative estimate of drug-likeness (QED) is 0.280. The summed E-state index contributed by atoms with van der Waals surface area (Å²) in [5.74, 6) is 0. The third kappa shape index (κ3) is 9.20. The monoisotopic (exact) mass is 218 g/mol. The maximum absolute atomic E-state index is 10.2. The van der Waals surface area contributed by atoms with E-state index in [1.54, 1.807) is 6.08 Å². The van der Waals surface area contributed by atoms with E-state index in [4.69, 9.17) is 0 Å². The summed E-state index contributed by atoms with van der Waals surface area (Å²) in [5.41, 5.74) is 3.70. The molecule has 0 amide bonds. The SMILES string of the molecule is CC(C)=CCC/C(C)=C/C=C/C(C)=C\C=O. The van der Waals surface area contributed by atoms with Crippen LogP contribution in [0.25, 0.3) is 0 Å². The third-order valence-electron chi connectivity index (χ3n) is 2.16. The van der Waals surface area contributed by atoms with Crippen molar-refractivity contribution in [1.82, 2.24) is 0 Å². The summed E-state index contributed by atoms with van der Waals surface area (Å²) in [6.45, 7) is 8.28. The fraction of sp³-hybridized carbons (Fsp3) is 0.400.